The molecule has 0 amide bonds. The number of hydrogen-bond donors (Lipinski definition) is 0. The number of methoxy groups -OCH3 is 3. The van der Waals surface area contributed by atoms with Crippen LogP contribution in [0.3, 0.4) is 0 Å². The Labute approximate surface area is 174 Å². The van der Waals surface area contributed by atoms with E-state index in [0.29, 0.717) is 5.75 Å². The minimum atomic E-state index is 0.0738. The number of hydrogen-bond acceptors (Lipinski definition) is 7. The SMILES string of the molecule is COc1ccc(-c2csc(N3N=C(C)CC3c3ccc(OC)c(OC)c3)n2)cc1. The van der Waals surface area contributed by atoms with Crippen molar-refractivity contribution in [3.63, 3.8) is 0 Å². The molecule has 2 heterocycles. The van der Waals surface area contributed by atoms with Gasteiger partial charge in [0, 0.05) is 23.1 Å². The largest absolute Gasteiger partial charge is 0.497 e. The highest BCUT2D eigenvalue weighted by molar-refractivity contribution is 7.14. The molecule has 1 aliphatic rings. The second kappa shape index (κ2) is 8.13. The molecular weight excluding hydrogens is 386 g/mol. The molecule has 0 spiro atoms. The number of aromatic nitrogens is 1. The summed E-state index contributed by atoms with van der Waals surface area (Å²) in [4.78, 5) is 4.85. The second-order valence-corrected chi connectivity index (χ2v) is 7.59. The maximum absolute atomic E-state index is 5.48. The van der Waals surface area contributed by atoms with Crippen molar-refractivity contribution < 1.29 is 14.2 Å². The molecule has 0 bridgehead atoms. The molecule has 3 aromatic rings. The molecule has 2 aromatic carbocycles. The van der Waals surface area contributed by atoms with E-state index in [0.717, 1.165) is 45.6 Å². The molecule has 0 aliphatic carbocycles. The zero-order chi connectivity index (χ0) is 20.4. The Morgan fingerprint density at radius 1 is 0.966 bits per heavy atom. The third kappa shape index (κ3) is 3.78. The van der Waals surface area contributed by atoms with E-state index in [4.69, 9.17) is 24.3 Å². The van der Waals surface area contributed by atoms with Gasteiger partial charge >= 0.3 is 0 Å². The van der Waals surface area contributed by atoms with E-state index in [1.807, 2.05) is 48.3 Å². The summed E-state index contributed by atoms with van der Waals surface area (Å²) in [5, 5.41) is 9.69. The van der Waals surface area contributed by atoms with E-state index in [2.05, 4.69) is 11.4 Å². The zero-order valence-corrected chi connectivity index (χ0v) is 17.7. The molecular formula is C22H23N3O3S. The fraction of sp³-hybridized carbons (Fsp3) is 0.273. The number of ether oxygens (including phenoxy) is 3. The molecule has 6 nitrogen and oxygen atoms in total. The van der Waals surface area contributed by atoms with Crippen LogP contribution in [-0.4, -0.2) is 32.0 Å². The summed E-state index contributed by atoms with van der Waals surface area (Å²) in [6.07, 6.45) is 0.840. The highest BCUT2D eigenvalue weighted by Crippen LogP contribution is 2.40. The summed E-state index contributed by atoms with van der Waals surface area (Å²) in [7, 11) is 4.96. The first kappa shape index (κ1) is 19.3. The molecule has 0 saturated carbocycles. The molecule has 0 radical (unpaired) electrons. The van der Waals surface area contributed by atoms with Crippen LogP contribution in [0.5, 0.6) is 17.2 Å². The highest BCUT2D eigenvalue weighted by atomic mass is 32.1. The Kier molecular flexibility index (Phi) is 5.40. The first-order valence-corrected chi connectivity index (χ1v) is 10.2. The second-order valence-electron chi connectivity index (χ2n) is 6.76. The number of anilines is 1. The number of hydrazone groups is 1. The third-order valence-corrected chi connectivity index (χ3v) is 5.76. The lowest BCUT2D eigenvalue weighted by atomic mass is 10.0. The first-order chi connectivity index (χ1) is 14.1. The first-order valence-electron chi connectivity index (χ1n) is 9.28. The van der Waals surface area contributed by atoms with Gasteiger partial charge in [-0.25, -0.2) is 9.99 Å². The van der Waals surface area contributed by atoms with Crippen LogP contribution >= 0.6 is 11.3 Å². The molecule has 0 saturated heterocycles. The maximum Gasteiger partial charge on any atom is 0.207 e. The average Bonchev–Trinajstić information content (AvgIpc) is 3.40. The Hall–Kier alpha value is -3.06. The van der Waals surface area contributed by atoms with Gasteiger partial charge in [-0.15, -0.1) is 11.3 Å². The number of nitrogens with zero attached hydrogens (tertiary/aromatic N) is 3. The van der Waals surface area contributed by atoms with Gasteiger partial charge in [0.1, 0.15) is 5.75 Å². The van der Waals surface area contributed by atoms with Crippen LogP contribution in [0.1, 0.15) is 24.9 Å². The van der Waals surface area contributed by atoms with Crippen LogP contribution < -0.4 is 19.2 Å². The predicted molar refractivity (Wildman–Crippen MR) is 117 cm³/mol. The van der Waals surface area contributed by atoms with Gasteiger partial charge in [0.2, 0.25) is 5.13 Å². The Bertz CT molecular complexity index is 1030. The fourth-order valence-corrected chi connectivity index (χ4v) is 4.25. The van der Waals surface area contributed by atoms with Gasteiger partial charge in [-0.05, 0) is 48.9 Å². The average molecular weight is 410 g/mol. The summed E-state index contributed by atoms with van der Waals surface area (Å²) >= 11 is 1.59. The van der Waals surface area contributed by atoms with Crippen LogP contribution in [-0.2, 0) is 0 Å². The van der Waals surface area contributed by atoms with Crippen molar-refractivity contribution in [3.05, 3.63) is 53.4 Å². The predicted octanol–water partition coefficient (Wildman–Crippen LogP) is 5.16. The summed E-state index contributed by atoms with van der Waals surface area (Å²) in [5.41, 5.74) is 4.17. The van der Waals surface area contributed by atoms with Crippen molar-refractivity contribution in [2.24, 2.45) is 5.10 Å². The smallest absolute Gasteiger partial charge is 0.207 e. The molecule has 0 N–H and O–H groups in total. The highest BCUT2D eigenvalue weighted by Gasteiger charge is 2.30. The van der Waals surface area contributed by atoms with Crippen molar-refractivity contribution in [1.82, 2.24) is 4.98 Å². The fourth-order valence-electron chi connectivity index (χ4n) is 3.42. The Balaban J connectivity index is 1.64. The normalized spacial score (nSPS) is 15.9. The lowest BCUT2D eigenvalue weighted by Crippen LogP contribution is -2.18. The van der Waals surface area contributed by atoms with Crippen molar-refractivity contribution in [1.29, 1.82) is 0 Å². The van der Waals surface area contributed by atoms with Crippen LogP contribution in [0.25, 0.3) is 11.3 Å². The van der Waals surface area contributed by atoms with E-state index in [1.54, 1.807) is 32.7 Å². The van der Waals surface area contributed by atoms with Crippen molar-refractivity contribution in [3.8, 4) is 28.5 Å². The van der Waals surface area contributed by atoms with Gasteiger partial charge in [0.05, 0.1) is 33.1 Å². The minimum Gasteiger partial charge on any atom is -0.497 e. The molecule has 7 heteroatoms. The standard InChI is InChI=1S/C22H23N3O3S/c1-14-11-19(16-7-10-20(27-3)21(12-16)28-4)25(24-14)22-23-18(13-29-22)15-5-8-17(26-2)9-6-15/h5-10,12-13,19H,11H2,1-4H3. The van der Waals surface area contributed by atoms with E-state index < -0.39 is 0 Å². The molecule has 29 heavy (non-hydrogen) atoms. The van der Waals surface area contributed by atoms with Crippen LogP contribution in [0.2, 0.25) is 0 Å². The van der Waals surface area contributed by atoms with Crippen LogP contribution in [0, 0.1) is 0 Å². The lowest BCUT2D eigenvalue weighted by Gasteiger charge is -2.22. The third-order valence-electron chi connectivity index (χ3n) is 4.93. The number of thiazole rings is 1. The maximum atomic E-state index is 5.48. The van der Waals surface area contributed by atoms with E-state index in [1.165, 1.54) is 0 Å². The monoisotopic (exact) mass is 409 g/mol. The van der Waals surface area contributed by atoms with Crippen molar-refractivity contribution in [2.75, 3.05) is 26.3 Å². The Morgan fingerprint density at radius 3 is 2.41 bits per heavy atom. The minimum absolute atomic E-state index is 0.0738. The van der Waals surface area contributed by atoms with Gasteiger partial charge < -0.3 is 14.2 Å². The lowest BCUT2D eigenvalue weighted by molar-refractivity contribution is 0.354. The summed E-state index contributed by atoms with van der Waals surface area (Å²) < 4.78 is 16.1. The number of benzene rings is 2. The van der Waals surface area contributed by atoms with Crippen LogP contribution in [0.15, 0.2) is 52.9 Å². The molecule has 1 aromatic heterocycles. The van der Waals surface area contributed by atoms with Gasteiger partial charge in [-0.1, -0.05) is 6.07 Å². The van der Waals surface area contributed by atoms with E-state index >= 15 is 0 Å². The van der Waals surface area contributed by atoms with E-state index in [9.17, 15) is 0 Å². The Morgan fingerprint density at radius 2 is 1.72 bits per heavy atom. The molecule has 150 valence electrons. The topological polar surface area (TPSA) is 56.2 Å². The molecule has 1 unspecified atom stereocenters. The van der Waals surface area contributed by atoms with E-state index in [-0.39, 0.29) is 6.04 Å². The van der Waals surface area contributed by atoms with Crippen LogP contribution in [0.4, 0.5) is 5.13 Å². The number of rotatable bonds is 6. The van der Waals surface area contributed by atoms with Crippen molar-refractivity contribution in [2.45, 2.75) is 19.4 Å². The molecule has 1 aliphatic heterocycles. The summed E-state index contributed by atoms with van der Waals surface area (Å²) in [6.45, 7) is 2.05. The zero-order valence-electron chi connectivity index (χ0n) is 16.9. The summed E-state index contributed by atoms with van der Waals surface area (Å²) in [6, 6.07) is 14.0. The molecule has 4 rings (SSSR count). The summed E-state index contributed by atoms with van der Waals surface area (Å²) in [5.74, 6) is 2.26. The van der Waals surface area contributed by atoms with Gasteiger partial charge in [0.25, 0.3) is 0 Å². The van der Waals surface area contributed by atoms with Gasteiger partial charge in [-0.3, -0.25) is 0 Å². The molecule has 1 atom stereocenters. The molecule has 0 fully saturated rings. The van der Waals surface area contributed by atoms with Gasteiger partial charge in [-0.2, -0.15) is 5.10 Å². The van der Waals surface area contributed by atoms with Crippen molar-refractivity contribution >= 4 is 22.2 Å². The quantitative estimate of drug-likeness (QED) is 0.563. The van der Waals surface area contributed by atoms with Gasteiger partial charge in [0.15, 0.2) is 11.5 Å².